The van der Waals surface area contributed by atoms with Gasteiger partial charge in [0.15, 0.2) is 0 Å². The van der Waals surface area contributed by atoms with E-state index >= 15 is 0 Å². The molecule has 0 saturated heterocycles. The van der Waals surface area contributed by atoms with Crippen LogP contribution in [0, 0.1) is 27.7 Å². The summed E-state index contributed by atoms with van der Waals surface area (Å²) < 4.78 is 0. The van der Waals surface area contributed by atoms with E-state index in [0.717, 1.165) is 22.3 Å². The van der Waals surface area contributed by atoms with Crippen LogP contribution in [0.15, 0.2) is 24.3 Å². The van der Waals surface area contributed by atoms with Crippen LogP contribution in [0.5, 0.6) is 11.5 Å². The molecule has 106 valence electrons. The van der Waals surface area contributed by atoms with Crippen molar-refractivity contribution in [2.75, 3.05) is 0 Å². The first-order chi connectivity index (χ1) is 9.31. The molecule has 0 fully saturated rings. The van der Waals surface area contributed by atoms with Gasteiger partial charge >= 0.3 is 0 Å². The molecule has 2 N–H and O–H groups in total. The zero-order valence-electron chi connectivity index (χ0n) is 12.8. The van der Waals surface area contributed by atoms with Crippen molar-refractivity contribution >= 4 is 0 Å². The van der Waals surface area contributed by atoms with Gasteiger partial charge in [-0.15, -0.1) is 0 Å². The maximum atomic E-state index is 9.87. The molecule has 0 spiro atoms. The van der Waals surface area contributed by atoms with E-state index in [1.165, 1.54) is 11.1 Å². The van der Waals surface area contributed by atoms with Crippen LogP contribution < -0.4 is 0 Å². The number of hydrogen-bond donors (Lipinski definition) is 2. The fourth-order valence-corrected chi connectivity index (χ4v) is 2.67. The first-order valence-corrected chi connectivity index (χ1v) is 6.91. The van der Waals surface area contributed by atoms with E-state index in [1.54, 1.807) is 0 Å². The number of rotatable bonds is 2. The van der Waals surface area contributed by atoms with Crippen molar-refractivity contribution < 1.29 is 10.2 Å². The predicted molar refractivity (Wildman–Crippen MR) is 82.7 cm³/mol. The van der Waals surface area contributed by atoms with Crippen molar-refractivity contribution in [3.63, 3.8) is 0 Å². The summed E-state index contributed by atoms with van der Waals surface area (Å²) in [5.74, 6) is 0.976. The van der Waals surface area contributed by atoms with Crippen molar-refractivity contribution in [1.29, 1.82) is 0 Å². The lowest BCUT2D eigenvalue weighted by Gasteiger charge is -2.17. The second kappa shape index (κ2) is 5.20. The Morgan fingerprint density at radius 1 is 0.650 bits per heavy atom. The van der Waals surface area contributed by atoms with Gasteiger partial charge in [0, 0.05) is 5.92 Å². The maximum absolute atomic E-state index is 9.87. The summed E-state index contributed by atoms with van der Waals surface area (Å²) in [4.78, 5) is 0. The lowest BCUT2D eigenvalue weighted by atomic mass is 9.88. The minimum atomic E-state index is 0.228. The minimum absolute atomic E-state index is 0.228. The third-order valence-electron chi connectivity index (χ3n) is 4.03. The van der Waals surface area contributed by atoms with Crippen molar-refractivity contribution in [3.8, 4) is 11.5 Å². The molecule has 0 atom stereocenters. The summed E-state index contributed by atoms with van der Waals surface area (Å²) >= 11 is 0. The van der Waals surface area contributed by atoms with E-state index in [2.05, 4.69) is 6.92 Å². The predicted octanol–water partition coefficient (Wildman–Crippen LogP) is 4.48. The fraction of sp³-hybridized carbons (Fsp3) is 0.333. The van der Waals surface area contributed by atoms with Gasteiger partial charge in [0.05, 0.1) is 0 Å². The zero-order valence-corrected chi connectivity index (χ0v) is 12.8. The van der Waals surface area contributed by atoms with E-state index < -0.39 is 0 Å². The molecular weight excluding hydrogens is 248 g/mol. The Morgan fingerprint density at radius 2 is 0.900 bits per heavy atom. The van der Waals surface area contributed by atoms with Crippen LogP contribution in [0.3, 0.4) is 0 Å². The van der Waals surface area contributed by atoms with Gasteiger partial charge in [-0.2, -0.15) is 0 Å². The molecule has 0 aliphatic heterocycles. The van der Waals surface area contributed by atoms with Gasteiger partial charge in [-0.1, -0.05) is 31.2 Å². The summed E-state index contributed by atoms with van der Waals surface area (Å²) in [6.07, 6.45) is 0. The Hall–Kier alpha value is -1.96. The second-order valence-electron chi connectivity index (χ2n) is 5.73. The molecule has 0 saturated carbocycles. The lowest BCUT2D eigenvalue weighted by molar-refractivity contribution is 0.466. The van der Waals surface area contributed by atoms with E-state index in [9.17, 15) is 10.2 Å². The van der Waals surface area contributed by atoms with Gasteiger partial charge in [-0.05, 0) is 61.1 Å². The Kier molecular flexibility index (Phi) is 3.76. The van der Waals surface area contributed by atoms with Crippen LogP contribution in [-0.4, -0.2) is 10.2 Å². The van der Waals surface area contributed by atoms with E-state index in [4.69, 9.17) is 0 Å². The van der Waals surface area contributed by atoms with Crippen LogP contribution >= 0.6 is 0 Å². The Labute approximate surface area is 120 Å². The first-order valence-electron chi connectivity index (χ1n) is 6.91. The number of aromatic hydroxyl groups is 2. The van der Waals surface area contributed by atoms with E-state index in [0.29, 0.717) is 11.5 Å². The highest BCUT2D eigenvalue weighted by Crippen LogP contribution is 2.33. The molecule has 2 rings (SSSR count). The Morgan fingerprint density at radius 3 is 1.15 bits per heavy atom. The number of phenolic OH excluding ortho intramolecular Hbond substituents is 2. The van der Waals surface area contributed by atoms with Crippen molar-refractivity contribution in [3.05, 3.63) is 57.6 Å². The lowest BCUT2D eigenvalue weighted by Crippen LogP contribution is -1.99. The quantitative estimate of drug-likeness (QED) is 0.844. The van der Waals surface area contributed by atoms with Crippen LogP contribution in [0.25, 0.3) is 0 Å². The largest absolute Gasteiger partial charge is 0.507 e. The van der Waals surface area contributed by atoms with Crippen molar-refractivity contribution in [2.45, 2.75) is 40.5 Å². The van der Waals surface area contributed by atoms with Crippen LogP contribution in [0.1, 0.15) is 46.2 Å². The second-order valence-corrected chi connectivity index (χ2v) is 5.73. The minimum Gasteiger partial charge on any atom is -0.507 e. The zero-order chi connectivity index (χ0) is 15.0. The highest BCUT2D eigenvalue weighted by molar-refractivity contribution is 5.48. The summed E-state index contributed by atoms with van der Waals surface area (Å²) in [6.45, 7) is 9.84. The number of aryl methyl sites for hydroxylation is 4. The average Bonchev–Trinajstić information content (AvgIpc) is 2.40. The van der Waals surface area contributed by atoms with Gasteiger partial charge in [0.1, 0.15) is 11.5 Å². The fourth-order valence-electron chi connectivity index (χ4n) is 2.67. The highest BCUT2D eigenvalue weighted by Gasteiger charge is 2.14. The molecule has 2 heteroatoms. The summed E-state index contributed by atoms with van der Waals surface area (Å²) in [6, 6.07) is 8.13. The summed E-state index contributed by atoms with van der Waals surface area (Å²) in [5, 5.41) is 19.7. The van der Waals surface area contributed by atoms with Gasteiger partial charge in [-0.3, -0.25) is 0 Å². The van der Waals surface area contributed by atoms with Crippen LogP contribution in [0.4, 0.5) is 0 Å². The van der Waals surface area contributed by atoms with Gasteiger partial charge in [-0.25, -0.2) is 0 Å². The molecule has 20 heavy (non-hydrogen) atoms. The summed E-state index contributed by atoms with van der Waals surface area (Å²) in [5.41, 5.74) is 5.97. The van der Waals surface area contributed by atoms with Crippen molar-refractivity contribution in [1.82, 2.24) is 0 Å². The van der Waals surface area contributed by atoms with Gasteiger partial charge in [0.25, 0.3) is 0 Å². The van der Waals surface area contributed by atoms with E-state index in [1.807, 2.05) is 52.0 Å². The van der Waals surface area contributed by atoms with Crippen molar-refractivity contribution in [2.24, 2.45) is 0 Å². The molecule has 0 heterocycles. The third-order valence-corrected chi connectivity index (χ3v) is 4.03. The smallest absolute Gasteiger partial charge is 0.121 e. The molecular formula is C18H22O2. The Bertz CT molecular complexity index is 553. The molecule has 0 aliphatic carbocycles. The average molecular weight is 270 g/mol. The molecule has 0 aromatic heterocycles. The topological polar surface area (TPSA) is 40.5 Å². The number of phenols is 2. The van der Waals surface area contributed by atoms with Gasteiger partial charge in [0.2, 0.25) is 0 Å². The number of hydrogen-bond acceptors (Lipinski definition) is 2. The standard InChI is InChI=1S/C18H22O2/c1-10-6-15(7-11(2)17(10)19)14(5)16-8-12(3)18(20)13(4)9-16/h6-9,14,19-20H,1-5H3. The molecule has 2 aromatic rings. The van der Waals surface area contributed by atoms with Crippen LogP contribution in [-0.2, 0) is 0 Å². The maximum Gasteiger partial charge on any atom is 0.121 e. The van der Waals surface area contributed by atoms with Gasteiger partial charge < -0.3 is 10.2 Å². The summed E-state index contributed by atoms with van der Waals surface area (Å²) in [7, 11) is 0. The normalized spacial score (nSPS) is 11.1. The SMILES string of the molecule is Cc1cc(C(C)c2cc(C)c(O)c(C)c2)cc(C)c1O. The molecule has 2 nitrogen and oxygen atoms in total. The molecule has 0 amide bonds. The molecule has 2 aromatic carbocycles. The molecule has 0 aliphatic rings. The molecule has 0 radical (unpaired) electrons. The molecule has 0 unspecified atom stereocenters. The number of benzene rings is 2. The monoisotopic (exact) mass is 270 g/mol. The van der Waals surface area contributed by atoms with Crippen LogP contribution in [0.2, 0.25) is 0 Å². The Balaban J connectivity index is 2.49. The third kappa shape index (κ3) is 2.51. The van der Waals surface area contributed by atoms with E-state index in [-0.39, 0.29) is 5.92 Å². The first kappa shape index (κ1) is 14.4. The molecule has 0 bridgehead atoms. The highest BCUT2D eigenvalue weighted by atomic mass is 16.3.